The van der Waals surface area contributed by atoms with E-state index in [9.17, 15) is 13.6 Å². The minimum atomic E-state index is -2.97. The molecule has 0 aliphatic carbocycles. The fraction of sp³-hybridized carbons (Fsp3) is 0.462. The number of halogens is 3. The molecule has 0 spiro atoms. The zero-order valence-electron chi connectivity index (χ0n) is 10.6. The lowest BCUT2D eigenvalue weighted by atomic mass is 10.1. The Hall–Kier alpha value is -1.40. The van der Waals surface area contributed by atoms with Gasteiger partial charge in [-0.1, -0.05) is 12.1 Å². The van der Waals surface area contributed by atoms with Crippen LogP contribution in [0.25, 0.3) is 0 Å². The summed E-state index contributed by atoms with van der Waals surface area (Å²) < 4.78 is 34.4. The van der Waals surface area contributed by atoms with Gasteiger partial charge in [-0.05, 0) is 12.1 Å². The van der Waals surface area contributed by atoms with Gasteiger partial charge >= 0.3 is 6.61 Å². The number of nitrogens with zero attached hydrogens (tertiary/aromatic N) is 1. The number of amides is 1. The zero-order chi connectivity index (χ0) is 14.5. The van der Waals surface area contributed by atoms with E-state index in [1.165, 1.54) is 23.1 Å². The zero-order valence-corrected chi connectivity index (χ0v) is 11.4. The molecule has 1 heterocycles. The molecule has 1 atom stereocenters. The maximum absolute atomic E-state index is 12.4. The van der Waals surface area contributed by atoms with Crippen molar-refractivity contribution in [2.24, 2.45) is 0 Å². The summed E-state index contributed by atoms with van der Waals surface area (Å²) in [5.41, 5.74) is 0.114. The predicted octanol–water partition coefficient (Wildman–Crippen LogP) is 2.37. The Kier molecular flexibility index (Phi) is 5.14. The maximum Gasteiger partial charge on any atom is 0.387 e. The van der Waals surface area contributed by atoms with E-state index in [1.54, 1.807) is 6.07 Å². The first-order valence-corrected chi connectivity index (χ1v) is 6.66. The van der Waals surface area contributed by atoms with E-state index < -0.39 is 6.61 Å². The Morgan fingerprint density at radius 3 is 2.95 bits per heavy atom. The third kappa shape index (κ3) is 3.58. The Morgan fingerprint density at radius 1 is 1.50 bits per heavy atom. The average Bonchev–Trinajstić information content (AvgIpc) is 2.46. The van der Waals surface area contributed by atoms with Crippen LogP contribution in [-0.2, 0) is 4.74 Å². The molecule has 0 N–H and O–H groups in total. The molecular formula is C13H14ClF2NO3. The molecule has 20 heavy (non-hydrogen) atoms. The van der Waals surface area contributed by atoms with E-state index in [-0.39, 0.29) is 29.2 Å². The first-order valence-electron chi connectivity index (χ1n) is 6.12. The minimum absolute atomic E-state index is 0.114. The summed E-state index contributed by atoms with van der Waals surface area (Å²) >= 11 is 5.71. The van der Waals surface area contributed by atoms with Gasteiger partial charge in [0.15, 0.2) is 0 Å². The van der Waals surface area contributed by atoms with Gasteiger partial charge in [-0.15, -0.1) is 11.6 Å². The summed E-state index contributed by atoms with van der Waals surface area (Å²) in [6, 6.07) is 5.95. The van der Waals surface area contributed by atoms with Crippen LogP contribution in [-0.4, -0.2) is 49.1 Å². The second kappa shape index (κ2) is 6.85. The van der Waals surface area contributed by atoms with Crippen molar-refractivity contribution in [1.29, 1.82) is 0 Å². The first kappa shape index (κ1) is 15.0. The van der Waals surface area contributed by atoms with Gasteiger partial charge in [0.2, 0.25) is 0 Å². The quantitative estimate of drug-likeness (QED) is 0.802. The van der Waals surface area contributed by atoms with Crippen LogP contribution in [0.5, 0.6) is 5.75 Å². The third-order valence-electron chi connectivity index (χ3n) is 2.93. The van der Waals surface area contributed by atoms with Crippen molar-refractivity contribution in [2.75, 3.05) is 25.6 Å². The molecule has 4 nitrogen and oxygen atoms in total. The van der Waals surface area contributed by atoms with Crippen molar-refractivity contribution in [3.8, 4) is 5.75 Å². The smallest absolute Gasteiger partial charge is 0.387 e. The highest BCUT2D eigenvalue weighted by molar-refractivity contribution is 6.18. The van der Waals surface area contributed by atoms with Gasteiger partial charge in [0, 0.05) is 13.1 Å². The van der Waals surface area contributed by atoms with Crippen LogP contribution in [0.15, 0.2) is 24.3 Å². The van der Waals surface area contributed by atoms with Crippen LogP contribution in [0.1, 0.15) is 10.4 Å². The molecule has 1 amide bonds. The monoisotopic (exact) mass is 305 g/mol. The first-order chi connectivity index (χ1) is 9.61. The lowest BCUT2D eigenvalue weighted by Crippen LogP contribution is -2.46. The van der Waals surface area contributed by atoms with E-state index in [1.807, 2.05) is 0 Å². The topological polar surface area (TPSA) is 38.8 Å². The molecule has 1 aromatic carbocycles. The largest absolute Gasteiger partial charge is 0.434 e. The standard InChI is InChI=1S/C13H14ClF2NO3/c14-7-9-8-17(5-6-19-9)12(18)10-3-1-2-4-11(10)20-13(15)16/h1-4,9,13H,5-8H2. The summed E-state index contributed by atoms with van der Waals surface area (Å²) in [5, 5.41) is 0. The molecule has 0 saturated carbocycles. The van der Waals surface area contributed by atoms with Crippen molar-refractivity contribution in [3.63, 3.8) is 0 Å². The predicted molar refractivity (Wildman–Crippen MR) is 69.4 cm³/mol. The Balaban J connectivity index is 2.16. The number of hydrogen-bond donors (Lipinski definition) is 0. The molecule has 0 bridgehead atoms. The van der Waals surface area contributed by atoms with Crippen LogP contribution in [0.4, 0.5) is 8.78 Å². The SMILES string of the molecule is O=C(c1ccccc1OC(F)F)N1CCOC(CCl)C1. The molecule has 1 aromatic rings. The number of carbonyl (C=O) groups excluding carboxylic acids is 1. The molecule has 1 fully saturated rings. The van der Waals surface area contributed by atoms with Crippen LogP contribution >= 0.6 is 11.6 Å². The minimum Gasteiger partial charge on any atom is -0.434 e. The molecular weight excluding hydrogens is 292 g/mol. The lowest BCUT2D eigenvalue weighted by molar-refractivity contribution is -0.0506. The van der Waals surface area contributed by atoms with Crippen LogP contribution in [0, 0.1) is 0 Å². The van der Waals surface area contributed by atoms with Crippen molar-refractivity contribution < 1.29 is 23.0 Å². The highest BCUT2D eigenvalue weighted by Crippen LogP contribution is 2.23. The van der Waals surface area contributed by atoms with Gasteiger partial charge in [-0.3, -0.25) is 4.79 Å². The number of para-hydroxylation sites is 1. The fourth-order valence-corrected chi connectivity index (χ4v) is 2.20. The van der Waals surface area contributed by atoms with E-state index in [4.69, 9.17) is 16.3 Å². The molecule has 1 aliphatic heterocycles. The van der Waals surface area contributed by atoms with Gasteiger partial charge in [-0.25, -0.2) is 0 Å². The molecule has 2 rings (SSSR count). The van der Waals surface area contributed by atoms with Gasteiger partial charge in [-0.2, -0.15) is 8.78 Å². The van der Waals surface area contributed by atoms with Crippen molar-refractivity contribution >= 4 is 17.5 Å². The van der Waals surface area contributed by atoms with Crippen LogP contribution in [0.3, 0.4) is 0 Å². The highest BCUT2D eigenvalue weighted by atomic mass is 35.5. The van der Waals surface area contributed by atoms with Gasteiger partial charge in [0.1, 0.15) is 5.75 Å². The molecule has 1 saturated heterocycles. The van der Waals surface area contributed by atoms with E-state index >= 15 is 0 Å². The third-order valence-corrected chi connectivity index (χ3v) is 3.28. The number of ether oxygens (including phenoxy) is 2. The lowest BCUT2D eigenvalue weighted by Gasteiger charge is -2.32. The molecule has 0 radical (unpaired) electrons. The van der Waals surface area contributed by atoms with Gasteiger partial charge in [0.25, 0.3) is 5.91 Å². The van der Waals surface area contributed by atoms with Crippen LogP contribution in [0.2, 0.25) is 0 Å². The number of benzene rings is 1. The maximum atomic E-state index is 12.4. The normalized spacial score (nSPS) is 19.2. The van der Waals surface area contributed by atoms with Crippen molar-refractivity contribution in [2.45, 2.75) is 12.7 Å². The molecule has 0 aromatic heterocycles. The van der Waals surface area contributed by atoms with Crippen LogP contribution < -0.4 is 4.74 Å². The van der Waals surface area contributed by atoms with Crippen molar-refractivity contribution in [3.05, 3.63) is 29.8 Å². The summed E-state index contributed by atoms with van der Waals surface area (Å²) in [6.45, 7) is -1.86. The van der Waals surface area contributed by atoms with E-state index in [2.05, 4.69) is 4.74 Å². The molecule has 1 unspecified atom stereocenters. The second-order valence-electron chi connectivity index (χ2n) is 4.27. The van der Waals surface area contributed by atoms with Crippen molar-refractivity contribution in [1.82, 2.24) is 4.90 Å². The average molecular weight is 306 g/mol. The Bertz CT molecular complexity index is 473. The second-order valence-corrected chi connectivity index (χ2v) is 4.58. The Labute approximate surface area is 120 Å². The number of morpholine rings is 1. The molecule has 7 heteroatoms. The van der Waals surface area contributed by atoms with Gasteiger partial charge in [0.05, 0.1) is 24.2 Å². The number of carbonyl (C=O) groups is 1. The highest BCUT2D eigenvalue weighted by Gasteiger charge is 2.26. The van der Waals surface area contributed by atoms with E-state index in [0.29, 0.717) is 19.7 Å². The fourth-order valence-electron chi connectivity index (χ4n) is 2.01. The summed E-state index contributed by atoms with van der Waals surface area (Å²) in [5.74, 6) is -0.208. The Morgan fingerprint density at radius 2 is 2.25 bits per heavy atom. The summed E-state index contributed by atoms with van der Waals surface area (Å²) in [4.78, 5) is 13.9. The molecule has 110 valence electrons. The van der Waals surface area contributed by atoms with Gasteiger partial charge < -0.3 is 14.4 Å². The number of hydrogen-bond acceptors (Lipinski definition) is 3. The summed E-state index contributed by atoms with van der Waals surface area (Å²) in [7, 11) is 0. The summed E-state index contributed by atoms with van der Waals surface area (Å²) in [6.07, 6.45) is -0.238. The van der Waals surface area contributed by atoms with E-state index in [0.717, 1.165) is 0 Å². The molecule has 1 aliphatic rings. The number of alkyl halides is 3. The number of rotatable bonds is 4.